The minimum Gasteiger partial charge on any atom is -0.383 e. The predicted octanol–water partition coefficient (Wildman–Crippen LogP) is 1.05. The van der Waals surface area contributed by atoms with Crippen LogP contribution in [-0.2, 0) is 4.79 Å². The second-order valence-corrected chi connectivity index (χ2v) is 6.27. The van der Waals surface area contributed by atoms with Crippen molar-refractivity contribution >= 4 is 45.7 Å². The molecule has 0 saturated carbocycles. The van der Waals surface area contributed by atoms with Crippen molar-refractivity contribution in [1.29, 1.82) is 0 Å². The number of thiazole rings is 1. The quantitative estimate of drug-likeness (QED) is 0.421. The van der Waals surface area contributed by atoms with Crippen molar-refractivity contribution in [3.8, 4) is 0 Å². The Balaban J connectivity index is 1.97. The van der Waals surface area contributed by atoms with Crippen LogP contribution in [0.4, 0.5) is 10.9 Å². The maximum Gasteiger partial charge on any atom is 0.253 e. The Hall–Kier alpha value is -2.20. The second-order valence-electron chi connectivity index (χ2n) is 4.30. The van der Waals surface area contributed by atoms with E-state index in [0.29, 0.717) is 15.7 Å². The van der Waals surface area contributed by atoms with Gasteiger partial charge in [-0.1, -0.05) is 23.1 Å². The molecule has 22 heavy (non-hydrogen) atoms. The van der Waals surface area contributed by atoms with Gasteiger partial charge in [0.1, 0.15) is 5.82 Å². The summed E-state index contributed by atoms with van der Waals surface area (Å²) in [5.41, 5.74) is 5.66. The molecule has 2 aromatic heterocycles. The molecule has 0 saturated heterocycles. The summed E-state index contributed by atoms with van der Waals surface area (Å²) in [6.45, 7) is 3.16. The van der Waals surface area contributed by atoms with E-state index in [4.69, 9.17) is 5.73 Å². The molecule has 0 unspecified atom stereocenters. The summed E-state index contributed by atoms with van der Waals surface area (Å²) in [7, 11) is 0. The van der Waals surface area contributed by atoms with Crippen LogP contribution in [0.3, 0.4) is 0 Å². The van der Waals surface area contributed by atoms with Gasteiger partial charge in [0.15, 0.2) is 16.1 Å². The van der Waals surface area contributed by atoms with E-state index in [-0.39, 0.29) is 34.0 Å². The number of thioether (sulfide) groups is 1. The number of H-pyrrole nitrogens is 1. The van der Waals surface area contributed by atoms with Gasteiger partial charge < -0.3 is 16.0 Å². The molecule has 0 aliphatic rings. The first kappa shape index (κ1) is 16.2. The fourth-order valence-electron chi connectivity index (χ4n) is 1.59. The lowest BCUT2D eigenvalue weighted by atomic mass is 10.3. The minimum absolute atomic E-state index is 0.0282. The van der Waals surface area contributed by atoms with Gasteiger partial charge in [-0.15, -0.1) is 0 Å². The largest absolute Gasteiger partial charge is 0.383 e. The lowest BCUT2D eigenvalue weighted by Gasteiger charge is -2.02. The Labute approximate surface area is 133 Å². The molecule has 2 heterocycles. The Morgan fingerprint density at radius 2 is 2.18 bits per heavy atom. The molecule has 8 nitrogen and oxygen atoms in total. The van der Waals surface area contributed by atoms with Gasteiger partial charge >= 0.3 is 0 Å². The molecule has 0 radical (unpaired) electrons. The van der Waals surface area contributed by atoms with E-state index in [9.17, 15) is 14.4 Å². The Morgan fingerprint density at radius 1 is 1.45 bits per heavy atom. The van der Waals surface area contributed by atoms with E-state index in [1.165, 1.54) is 6.92 Å². The first-order chi connectivity index (χ1) is 10.3. The Morgan fingerprint density at radius 3 is 2.77 bits per heavy atom. The van der Waals surface area contributed by atoms with Crippen molar-refractivity contribution in [3.05, 3.63) is 27.0 Å². The highest BCUT2D eigenvalue weighted by molar-refractivity contribution is 7.99. The van der Waals surface area contributed by atoms with Crippen LogP contribution in [0.2, 0.25) is 0 Å². The number of nitrogens with zero attached hydrogens (tertiary/aromatic N) is 2. The van der Waals surface area contributed by atoms with Crippen molar-refractivity contribution in [2.45, 2.75) is 19.0 Å². The normalized spacial score (nSPS) is 10.5. The second kappa shape index (κ2) is 6.71. The van der Waals surface area contributed by atoms with E-state index >= 15 is 0 Å². The number of aromatic amines is 1. The number of nitrogens with one attached hydrogen (secondary N) is 2. The number of Topliss-reactive ketones (excluding diaryl/α,β-unsaturated/α-hetero) is 1. The van der Waals surface area contributed by atoms with Crippen molar-refractivity contribution in [1.82, 2.24) is 15.0 Å². The van der Waals surface area contributed by atoms with Crippen LogP contribution in [0, 0.1) is 6.92 Å². The summed E-state index contributed by atoms with van der Waals surface area (Å²) in [6, 6.07) is 1.16. The number of aromatic nitrogens is 3. The van der Waals surface area contributed by atoms with Crippen molar-refractivity contribution < 1.29 is 9.59 Å². The monoisotopic (exact) mass is 339 g/mol. The molecular weight excluding hydrogens is 326 g/mol. The molecule has 0 bridgehead atoms. The van der Waals surface area contributed by atoms with Crippen LogP contribution in [0.25, 0.3) is 0 Å². The number of carbonyl (C=O) groups is 2. The van der Waals surface area contributed by atoms with Gasteiger partial charge in [-0.3, -0.25) is 14.4 Å². The Bertz CT molecular complexity index is 783. The number of amides is 1. The highest BCUT2D eigenvalue weighted by Crippen LogP contribution is 2.23. The van der Waals surface area contributed by atoms with Crippen LogP contribution in [0.15, 0.2) is 16.0 Å². The van der Waals surface area contributed by atoms with Gasteiger partial charge in [-0.2, -0.15) is 0 Å². The van der Waals surface area contributed by atoms with Gasteiger partial charge in [-0.25, -0.2) is 9.97 Å². The van der Waals surface area contributed by atoms with Crippen LogP contribution >= 0.6 is 23.1 Å². The number of carbonyl (C=O) groups excluding carboxylic acids is 2. The molecule has 4 N–H and O–H groups in total. The molecule has 0 atom stereocenters. The van der Waals surface area contributed by atoms with Crippen molar-refractivity contribution in [2.75, 3.05) is 16.8 Å². The first-order valence-corrected chi connectivity index (χ1v) is 7.93. The number of rotatable bonds is 5. The van der Waals surface area contributed by atoms with Crippen molar-refractivity contribution in [3.63, 3.8) is 0 Å². The molecular formula is C12H13N5O3S2. The fraction of sp³-hybridized carbons (Fsp3) is 0.250. The highest BCUT2D eigenvalue weighted by Gasteiger charge is 2.13. The molecule has 10 heteroatoms. The van der Waals surface area contributed by atoms with Crippen molar-refractivity contribution in [2.24, 2.45) is 0 Å². The molecule has 0 aliphatic heterocycles. The van der Waals surface area contributed by atoms with Gasteiger partial charge in [0.05, 0.1) is 16.3 Å². The van der Waals surface area contributed by atoms with Gasteiger partial charge in [0.2, 0.25) is 5.91 Å². The molecule has 2 aromatic rings. The average molecular weight is 339 g/mol. The SMILES string of the molecule is CC(=O)c1sc(NC(=O)CSc2nc(N)cc(=O)[nH]2)nc1C. The number of hydrogen-bond donors (Lipinski definition) is 3. The number of aryl methyl sites for hydroxylation is 1. The van der Waals surface area contributed by atoms with E-state index in [0.717, 1.165) is 29.2 Å². The summed E-state index contributed by atoms with van der Waals surface area (Å²) in [6.07, 6.45) is 0. The zero-order valence-corrected chi connectivity index (χ0v) is 13.4. The molecule has 1 amide bonds. The predicted molar refractivity (Wildman–Crippen MR) is 85.5 cm³/mol. The number of nitrogens with two attached hydrogens (primary N) is 1. The molecule has 0 aliphatic carbocycles. The van der Waals surface area contributed by atoms with Gasteiger partial charge in [0.25, 0.3) is 5.56 Å². The summed E-state index contributed by atoms with van der Waals surface area (Å²) < 4.78 is 0. The number of ketones is 1. The third-order valence-corrected chi connectivity index (χ3v) is 4.49. The summed E-state index contributed by atoms with van der Waals surface area (Å²) >= 11 is 2.17. The smallest absolute Gasteiger partial charge is 0.253 e. The van der Waals surface area contributed by atoms with E-state index < -0.39 is 0 Å². The van der Waals surface area contributed by atoms with Gasteiger partial charge in [0, 0.05) is 13.0 Å². The summed E-state index contributed by atoms with van der Waals surface area (Å²) in [5.74, 6) is -0.293. The number of nitrogen functional groups attached to an aromatic ring is 1. The summed E-state index contributed by atoms with van der Waals surface area (Å²) in [5, 5.41) is 3.23. The van der Waals surface area contributed by atoms with Crippen LogP contribution in [0.5, 0.6) is 0 Å². The zero-order valence-electron chi connectivity index (χ0n) is 11.8. The van der Waals surface area contributed by atoms with Crippen LogP contribution < -0.4 is 16.6 Å². The van der Waals surface area contributed by atoms with E-state index in [1.807, 2.05) is 0 Å². The molecule has 2 rings (SSSR count). The molecule has 0 fully saturated rings. The third kappa shape index (κ3) is 4.15. The maximum absolute atomic E-state index is 11.8. The van der Waals surface area contributed by atoms with Crippen LogP contribution in [0.1, 0.15) is 22.3 Å². The van der Waals surface area contributed by atoms with E-state index in [1.54, 1.807) is 6.92 Å². The lowest BCUT2D eigenvalue weighted by molar-refractivity contribution is -0.113. The lowest BCUT2D eigenvalue weighted by Crippen LogP contribution is -2.15. The zero-order chi connectivity index (χ0) is 16.3. The molecule has 116 valence electrons. The standard InChI is InChI=1S/C12H13N5O3S2/c1-5-10(6(2)18)22-12(14-5)17-9(20)4-21-11-15-7(13)3-8(19)16-11/h3H,4H2,1-2H3,(H,14,17,20)(H3,13,15,16,19). The molecule has 0 spiro atoms. The fourth-order valence-corrected chi connectivity index (χ4v) is 3.15. The maximum atomic E-state index is 11.8. The topological polar surface area (TPSA) is 131 Å². The van der Waals surface area contributed by atoms with Crippen LogP contribution in [-0.4, -0.2) is 32.4 Å². The number of hydrogen-bond acceptors (Lipinski definition) is 8. The third-order valence-electron chi connectivity index (χ3n) is 2.44. The van der Waals surface area contributed by atoms with E-state index in [2.05, 4.69) is 20.3 Å². The first-order valence-electron chi connectivity index (χ1n) is 6.13. The van der Waals surface area contributed by atoms with Gasteiger partial charge in [-0.05, 0) is 6.92 Å². The Kier molecular flexibility index (Phi) is 4.93. The summed E-state index contributed by atoms with van der Waals surface area (Å²) in [4.78, 5) is 45.4. The number of anilines is 2. The highest BCUT2D eigenvalue weighted by atomic mass is 32.2. The average Bonchev–Trinajstić information content (AvgIpc) is 2.76. The molecule has 0 aromatic carbocycles. The minimum atomic E-state index is -0.378.